The number of methoxy groups -OCH3 is 2. The molecule has 0 aliphatic heterocycles. The van der Waals surface area contributed by atoms with E-state index in [4.69, 9.17) is 15.2 Å². The van der Waals surface area contributed by atoms with Gasteiger partial charge in [-0.25, -0.2) is 0 Å². The number of benzene rings is 1. The van der Waals surface area contributed by atoms with Crippen LogP contribution in [0.15, 0.2) is 10.5 Å². The number of nitrogens with two attached hydrogens (primary N) is 1. The Morgan fingerprint density at radius 1 is 1.44 bits per heavy atom. The first-order chi connectivity index (χ1) is 7.56. The van der Waals surface area contributed by atoms with E-state index in [9.17, 15) is 5.11 Å². The number of aliphatic hydroxyl groups excluding tert-OH is 1. The van der Waals surface area contributed by atoms with E-state index in [1.807, 2.05) is 13.0 Å². The zero-order valence-electron chi connectivity index (χ0n) is 9.58. The molecule has 0 aromatic heterocycles. The maximum absolute atomic E-state index is 9.82. The fourth-order valence-electron chi connectivity index (χ4n) is 1.61. The minimum atomic E-state index is -0.714. The van der Waals surface area contributed by atoms with Crippen molar-refractivity contribution >= 4 is 15.9 Å². The summed E-state index contributed by atoms with van der Waals surface area (Å²) in [7, 11) is 3.12. The number of aryl methyl sites for hydroxylation is 1. The molecule has 16 heavy (non-hydrogen) atoms. The van der Waals surface area contributed by atoms with Crippen LogP contribution in [-0.2, 0) is 0 Å². The minimum Gasteiger partial charge on any atom is -0.493 e. The minimum absolute atomic E-state index is 0.162. The molecule has 1 aromatic rings. The van der Waals surface area contributed by atoms with Crippen LogP contribution in [0, 0.1) is 6.92 Å². The highest BCUT2D eigenvalue weighted by Crippen LogP contribution is 2.41. The van der Waals surface area contributed by atoms with Crippen molar-refractivity contribution in [2.24, 2.45) is 5.73 Å². The molecule has 0 radical (unpaired) electrons. The second kappa shape index (κ2) is 5.52. The van der Waals surface area contributed by atoms with Crippen molar-refractivity contribution in [3.05, 3.63) is 21.7 Å². The summed E-state index contributed by atoms with van der Waals surface area (Å²) < 4.78 is 11.1. The van der Waals surface area contributed by atoms with E-state index in [1.165, 1.54) is 0 Å². The van der Waals surface area contributed by atoms with Crippen LogP contribution in [0.25, 0.3) is 0 Å². The molecular formula is C11H16BrNO3. The third-order valence-electron chi connectivity index (χ3n) is 2.41. The van der Waals surface area contributed by atoms with Gasteiger partial charge in [0.05, 0.1) is 24.8 Å². The number of hydrogen-bond acceptors (Lipinski definition) is 4. The Morgan fingerprint density at radius 2 is 2.06 bits per heavy atom. The second-order valence-corrected chi connectivity index (χ2v) is 4.20. The highest BCUT2D eigenvalue weighted by atomic mass is 79.9. The van der Waals surface area contributed by atoms with Crippen LogP contribution in [0.3, 0.4) is 0 Å². The Balaban J connectivity index is 3.40. The maximum Gasteiger partial charge on any atom is 0.175 e. The Morgan fingerprint density at radius 3 is 2.50 bits per heavy atom. The Kier molecular flexibility index (Phi) is 4.58. The number of halogens is 1. The zero-order valence-corrected chi connectivity index (χ0v) is 11.2. The number of hydrogen-bond donors (Lipinski definition) is 2. The molecular weight excluding hydrogens is 274 g/mol. The predicted molar refractivity (Wildman–Crippen MR) is 66.0 cm³/mol. The van der Waals surface area contributed by atoms with Crippen molar-refractivity contribution in [3.8, 4) is 11.5 Å². The molecule has 0 spiro atoms. The van der Waals surface area contributed by atoms with Crippen molar-refractivity contribution in [2.45, 2.75) is 13.0 Å². The fourth-order valence-corrected chi connectivity index (χ4v) is 2.55. The molecule has 0 bridgehead atoms. The zero-order chi connectivity index (χ0) is 12.3. The summed E-state index contributed by atoms with van der Waals surface area (Å²) in [5.41, 5.74) is 7.10. The summed E-state index contributed by atoms with van der Waals surface area (Å²) in [6.07, 6.45) is -0.714. The SMILES string of the molecule is COc1cc(C)c(C(O)CN)c(Br)c1OC. The quantitative estimate of drug-likeness (QED) is 0.887. The van der Waals surface area contributed by atoms with Crippen molar-refractivity contribution in [2.75, 3.05) is 20.8 Å². The molecule has 1 rings (SSSR count). The highest BCUT2D eigenvalue weighted by molar-refractivity contribution is 9.10. The van der Waals surface area contributed by atoms with Gasteiger partial charge in [-0.15, -0.1) is 0 Å². The van der Waals surface area contributed by atoms with E-state index in [1.54, 1.807) is 14.2 Å². The maximum atomic E-state index is 9.82. The van der Waals surface area contributed by atoms with Gasteiger partial charge in [0.25, 0.3) is 0 Å². The molecule has 3 N–H and O–H groups in total. The molecule has 0 fully saturated rings. The van der Waals surface area contributed by atoms with Gasteiger partial charge in [0.15, 0.2) is 11.5 Å². The predicted octanol–water partition coefficient (Wildman–Crippen LogP) is 1.77. The number of rotatable bonds is 4. The third kappa shape index (κ3) is 2.31. The molecule has 5 heteroatoms. The summed E-state index contributed by atoms with van der Waals surface area (Å²) in [5, 5.41) is 9.82. The van der Waals surface area contributed by atoms with E-state index < -0.39 is 6.10 Å². The lowest BCUT2D eigenvalue weighted by Crippen LogP contribution is -2.14. The van der Waals surface area contributed by atoms with Gasteiger partial charge in [-0.05, 0) is 34.5 Å². The number of ether oxygens (including phenoxy) is 2. The monoisotopic (exact) mass is 289 g/mol. The summed E-state index contributed by atoms with van der Waals surface area (Å²) in [4.78, 5) is 0. The van der Waals surface area contributed by atoms with E-state index in [2.05, 4.69) is 15.9 Å². The van der Waals surface area contributed by atoms with Gasteiger partial charge < -0.3 is 20.3 Å². The molecule has 1 unspecified atom stereocenters. The molecule has 1 atom stereocenters. The van der Waals surface area contributed by atoms with Crippen LogP contribution in [0.5, 0.6) is 11.5 Å². The lowest BCUT2D eigenvalue weighted by molar-refractivity contribution is 0.184. The van der Waals surface area contributed by atoms with E-state index in [0.717, 1.165) is 11.1 Å². The lowest BCUT2D eigenvalue weighted by atomic mass is 10.0. The lowest BCUT2D eigenvalue weighted by Gasteiger charge is -2.18. The smallest absolute Gasteiger partial charge is 0.175 e. The van der Waals surface area contributed by atoms with Gasteiger partial charge in [-0.3, -0.25) is 0 Å². The van der Waals surface area contributed by atoms with Gasteiger partial charge in [0.1, 0.15) is 0 Å². The first-order valence-electron chi connectivity index (χ1n) is 4.85. The number of aliphatic hydroxyl groups is 1. The van der Waals surface area contributed by atoms with E-state index in [0.29, 0.717) is 16.0 Å². The van der Waals surface area contributed by atoms with Crippen LogP contribution in [0.2, 0.25) is 0 Å². The molecule has 0 aliphatic rings. The molecule has 0 aliphatic carbocycles. The van der Waals surface area contributed by atoms with Gasteiger partial charge in [-0.1, -0.05) is 0 Å². The average Bonchev–Trinajstić information content (AvgIpc) is 2.27. The summed E-state index contributed by atoms with van der Waals surface area (Å²) in [5.74, 6) is 1.19. The molecule has 0 saturated carbocycles. The van der Waals surface area contributed by atoms with Gasteiger partial charge >= 0.3 is 0 Å². The topological polar surface area (TPSA) is 64.7 Å². The van der Waals surface area contributed by atoms with Crippen molar-refractivity contribution < 1.29 is 14.6 Å². The van der Waals surface area contributed by atoms with Gasteiger partial charge in [0, 0.05) is 12.1 Å². The van der Waals surface area contributed by atoms with Crippen molar-refractivity contribution in [1.29, 1.82) is 0 Å². The Bertz CT molecular complexity index is 382. The highest BCUT2D eigenvalue weighted by Gasteiger charge is 2.20. The average molecular weight is 290 g/mol. The van der Waals surface area contributed by atoms with Crippen molar-refractivity contribution in [3.63, 3.8) is 0 Å². The van der Waals surface area contributed by atoms with Gasteiger partial charge in [0.2, 0.25) is 0 Å². The first kappa shape index (κ1) is 13.3. The summed E-state index contributed by atoms with van der Waals surface area (Å²) in [6.45, 7) is 2.05. The molecule has 0 saturated heterocycles. The van der Waals surface area contributed by atoms with Gasteiger partial charge in [-0.2, -0.15) is 0 Å². The molecule has 0 heterocycles. The molecule has 90 valence electrons. The fraction of sp³-hybridized carbons (Fsp3) is 0.455. The standard InChI is InChI=1S/C11H16BrNO3/c1-6-4-8(15-2)11(16-3)10(12)9(6)7(14)5-13/h4,7,14H,5,13H2,1-3H3. The largest absolute Gasteiger partial charge is 0.493 e. The van der Waals surface area contributed by atoms with E-state index in [-0.39, 0.29) is 6.54 Å². The Labute approximate surface area is 103 Å². The van der Waals surface area contributed by atoms with E-state index >= 15 is 0 Å². The summed E-state index contributed by atoms with van der Waals surface area (Å²) in [6, 6.07) is 1.82. The first-order valence-corrected chi connectivity index (χ1v) is 5.65. The van der Waals surface area contributed by atoms with Crippen LogP contribution < -0.4 is 15.2 Å². The normalized spacial score (nSPS) is 12.4. The molecule has 1 aromatic carbocycles. The Hall–Kier alpha value is -0.780. The second-order valence-electron chi connectivity index (χ2n) is 3.41. The van der Waals surface area contributed by atoms with Crippen LogP contribution >= 0.6 is 15.9 Å². The van der Waals surface area contributed by atoms with Crippen molar-refractivity contribution in [1.82, 2.24) is 0 Å². The summed E-state index contributed by atoms with van der Waals surface area (Å²) >= 11 is 3.40. The van der Waals surface area contributed by atoms with Crippen LogP contribution in [0.1, 0.15) is 17.2 Å². The van der Waals surface area contributed by atoms with Crippen LogP contribution in [0.4, 0.5) is 0 Å². The molecule has 0 amide bonds. The third-order valence-corrected chi connectivity index (χ3v) is 3.20. The van der Waals surface area contributed by atoms with Crippen LogP contribution in [-0.4, -0.2) is 25.9 Å². The molecule has 4 nitrogen and oxygen atoms in total.